The van der Waals surface area contributed by atoms with Crippen LogP contribution in [0.25, 0.3) is 0 Å². The van der Waals surface area contributed by atoms with Crippen LogP contribution >= 0.6 is 0 Å². The molecular formula is C17H22O3. The zero-order valence-electron chi connectivity index (χ0n) is 12.6. The molecule has 0 saturated carbocycles. The van der Waals surface area contributed by atoms with Crippen LogP contribution in [0.2, 0.25) is 0 Å². The molecule has 0 aromatic carbocycles. The summed E-state index contributed by atoms with van der Waals surface area (Å²) in [5.41, 5.74) is 0.838. The molecule has 108 valence electrons. The molecular weight excluding hydrogens is 252 g/mol. The second kappa shape index (κ2) is 5.31. The van der Waals surface area contributed by atoms with Crippen LogP contribution < -0.4 is 0 Å². The molecule has 0 aromatic rings. The van der Waals surface area contributed by atoms with E-state index in [0.717, 1.165) is 11.1 Å². The highest BCUT2D eigenvalue weighted by atomic mass is 16.7. The van der Waals surface area contributed by atoms with Crippen LogP contribution in [-0.4, -0.2) is 17.4 Å². The minimum atomic E-state index is -0.610. The third-order valence-corrected chi connectivity index (χ3v) is 4.26. The fraction of sp³-hybridized carbons (Fsp3) is 0.471. The number of carbonyl (C=O) groups is 1. The molecule has 2 aliphatic rings. The summed E-state index contributed by atoms with van der Waals surface area (Å²) in [6.07, 6.45) is 12.6. The zero-order chi connectivity index (χ0) is 14.8. The van der Waals surface area contributed by atoms with E-state index in [2.05, 4.69) is 0 Å². The molecule has 0 aliphatic heterocycles. The number of hydrogen-bond donors (Lipinski definition) is 0. The van der Waals surface area contributed by atoms with Crippen molar-refractivity contribution in [1.29, 1.82) is 0 Å². The van der Waals surface area contributed by atoms with E-state index >= 15 is 0 Å². The van der Waals surface area contributed by atoms with Crippen LogP contribution in [-0.2, 0) is 9.47 Å². The van der Waals surface area contributed by atoms with Crippen molar-refractivity contribution in [2.75, 3.05) is 0 Å². The Bertz CT molecular complexity index is 478. The lowest BCUT2D eigenvalue weighted by atomic mass is 9.89. The average molecular weight is 274 g/mol. The summed E-state index contributed by atoms with van der Waals surface area (Å²) in [7, 11) is 0. The van der Waals surface area contributed by atoms with Gasteiger partial charge in [-0.3, -0.25) is 0 Å². The smallest absolute Gasteiger partial charge is 0.423 e. The molecule has 0 bridgehead atoms. The lowest BCUT2D eigenvalue weighted by molar-refractivity contribution is -0.0461. The SMILES string of the molecule is CC1=CC=CCC1(C)OC(=O)OC1(C)CC=CC=C1C. The predicted octanol–water partition coefficient (Wildman–Crippen LogP) is 4.47. The molecule has 0 radical (unpaired) electrons. The highest BCUT2D eigenvalue weighted by Crippen LogP contribution is 2.33. The third-order valence-electron chi connectivity index (χ3n) is 4.26. The largest absolute Gasteiger partial charge is 0.510 e. The summed E-state index contributed by atoms with van der Waals surface area (Å²) in [5.74, 6) is 0. The van der Waals surface area contributed by atoms with Gasteiger partial charge in [-0.25, -0.2) is 4.79 Å². The Labute approximate surface area is 120 Å². The molecule has 2 unspecified atom stereocenters. The summed E-state index contributed by atoms with van der Waals surface area (Å²) < 4.78 is 11.2. The van der Waals surface area contributed by atoms with Crippen molar-refractivity contribution in [2.45, 2.75) is 51.7 Å². The number of allylic oxidation sites excluding steroid dienone is 4. The van der Waals surface area contributed by atoms with Crippen LogP contribution in [0, 0.1) is 0 Å². The Balaban J connectivity index is 2.03. The lowest BCUT2D eigenvalue weighted by Gasteiger charge is -2.35. The molecule has 3 heteroatoms. The summed E-state index contributed by atoms with van der Waals surface area (Å²) in [6, 6.07) is 0. The Morgan fingerprint density at radius 1 is 0.950 bits per heavy atom. The molecule has 0 heterocycles. The van der Waals surface area contributed by atoms with E-state index in [9.17, 15) is 4.79 Å². The zero-order valence-corrected chi connectivity index (χ0v) is 12.6. The van der Waals surface area contributed by atoms with Gasteiger partial charge in [0, 0.05) is 12.8 Å². The molecule has 0 amide bonds. The second-order valence-corrected chi connectivity index (χ2v) is 5.88. The van der Waals surface area contributed by atoms with Gasteiger partial charge in [-0.1, -0.05) is 36.5 Å². The van der Waals surface area contributed by atoms with Crippen molar-refractivity contribution >= 4 is 6.16 Å². The second-order valence-electron chi connectivity index (χ2n) is 5.88. The first kappa shape index (κ1) is 14.6. The van der Waals surface area contributed by atoms with Crippen molar-refractivity contribution in [3.63, 3.8) is 0 Å². The standard InChI is InChI=1S/C17H22O3/c1-13-9-5-7-11-16(13,3)19-15(18)20-17(4)12-8-6-10-14(17)2/h5-10H,11-12H2,1-4H3. The van der Waals surface area contributed by atoms with Crippen LogP contribution in [0.1, 0.15) is 40.5 Å². The van der Waals surface area contributed by atoms with Crippen molar-refractivity contribution in [3.8, 4) is 0 Å². The van der Waals surface area contributed by atoms with Gasteiger partial charge >= 0.3 is 6.16 Å². The first-order valence-corrected chi connectivity index (χ1v) is 6.95. The topological polar surface area (TPSA) is 35.5 Å². The van der Waals surface area contributed by atoms with E-state index in [0.29, 0.717) is 12.8 Å². The van der Waals surface area contributed by atoms with Gasteiger partial charge in [0.1, 0.15) is 11.2 Å². The maximum absolute atomic E-state index is 12.1. The van der Waals surface area contributed by atoms with Crippen molar-refractivity contribution < 1.29 is 14.3 Å². The molecule has 3 nitrogen and oxygen atoms in total. The highest BCUT2D eigenvalue weighted by Gasteiger charge is 2.36. The molecule has 2 rings (SSSR count). The maximum atomic E-state index is 12.1. The molecule has 2 aliphatic carbocycles. The first-order chi connectivity index (χ1) is 9.36. The Morgan fingerprint density at radius 3 is 1.70 bits per heavy atom. The van der Waals surface area contributed by atoms with Gasteiger partial charge in [0.2, 0.25) is 0 Å². The summed E-state index contributed by atoms with van der Waals surface area (Å²) >= 11 is 0. The van der Waals surface area contributed by atoms with E-state index in [1.165, 1.54) is 0 Å². The normalized spacial score (nSPS) is 32.4. The quantitative estimate of drug-likeness (QED) is 0.697. The van der Waals surface area contributed by atoms with E-state index in [4.69, 9.17) is 9.47 Å². The fourth-order valence-electron chi connectivity index (χ4n) is 2.32. The monoisotopic (exact) mass is 274 g/mol. The molecule has 20 heavy (non-hydrogen) atoms. The Morgan fingerprint density at radius 2 is 1.35 bits per heavy atom. The predicted molar refractivity (Wildman–Crippen MR) is 79.4 cm³/mol. The van der Waals surface area contributed by atoms with Crippen molar-refractivity contribution in [3.05, 3.63) is 47.6 Å². The minimum absolute atomic E-state index is 0.607. The van der Waals surface area contributed by atoms with Gasteiger partial charge in [0.25, 0.3) is 0 Å². The number of ether oxygens (including phenoxy) is 2. The van der Waals surface area contributed by atoms with Crippen LogP contribution in [0.4, 0.5) is 4.79 Å². The molecule has 0 saturated heterocycles. The van der Waals surface area contributed by atoms with Crippen molar-refractivity contribution in [1.82, 2.24) is 0 Å². The van der Waals surface area contributed by atoms with Crippen molar-refractivity contribution in [2.24, 2.45) is 0 Å². The number of rotatable bonds is 2. The first-order valence-electron chi connectivity index (χ1n) is 6.95. The molecule has 0 aromatic heterocycles. The average Bonchev–Trinajstić information content (AvgIpc) is 2.36. The van der Waals surface area contributed by atoms with E-state index in [1.807, 2.05) is 64.2 Å². The fourth-order valence-corrected chi connectivity index (χ4v) is 2.32. The van der Waals surface area contributed by atoms with Gasteiger partial charge in [0.05, 0.1) is 0 Å². The van der Waals surface area contributed by atoms with Gasteiger partial charge in [-0.05, 0) is 38.8 Å². The summed E-state index contributed by atoms with van der Waals surface area (Å²) in [5, 5.41) is 0. The van der Waals surface area contributed by atoms with Crippen LogP contribution in [0.5, 0.6) is 0 Å². The molecule has 0 N–H and O–H groups in total. The lowest BCUT2D eigenvalue weighted by Crippen LogP contribution is -2.39. The van der Waals surface area contributed by atoms with Gasteiger partial charge < -0.3 is 9.47 Å². The Hall–Kier alpha value is -1.77. The van der Waals surface area contributed by atoms with E-state index in [1.54, 1.807) is 0 Å². The number of carbonyl (C=O) groups excluding carboxylic acids is 1. The van der Waals surface area contributed by atoms with Gasteiger partial charge in [0.15, 0.2) is 0 Å². The highest BCUT2D eigenvalue weighted by molar-refractivity contribution is 5.63. The molecule has 2 atom stereocenters. The Kier molecular flexibility index (Phi) is 3.89. The van der Waals surface area contributed by atoms with E-state index in [-0.39, 0.29) is 0 Å². The number of hydrogen-bond acceptors (Lipinski definition) is 3. The minimum Gasteiger partial charge on any atom is -0.423 e. The molecule has 0 spiro atoms. The van der Waals surface area contributed by atoms with Crippen LogP contribution in [0.3, 0.4) is 0 Å². The molecule has 0 fully saturated rings. The van der Waals surface area contributed by atoms with Gasteiger partial charge in [-0.2, -0.15) is 0 Å². The van der Waals surface area contributed by atoms with Gasteiger partial charge in [-0.15, -0.1) is 0 Å². The third kappa shape index (κ3) is 2.87. The summed E-state index contributed by atoms with van der Waals surface area (Å²) in [6.45, 7) is 7.75. The van der Waals surface area contributed by atoms with E-state index < -0.39 is 17.4 Å². The maximum Gasteiger partial charge on any atom is 0.510 e. The summed E-state index contributed by atoms with van der Waals surface area (Å²) in [4.78, 5) is 12.1. The van der Waals surface area contributed by atoms with Crippen LogP contribution in [0.15, 0.2) is 47.6 Å².